The quantitative estimate of drug-likeness (QED) is 0.296. The third-order valence-electron chi connectivity index (χ3n) is 5.32. The van der Waals surface area contributed by atoms with Crippen LogP contribution in [0.3, 0.4) is 0 Å². The van der Waals surface area contributed by atoms with E-state index in [-0.39, 0.29) is 13.2 Å². The van der Waals surface area contributed by atoms with E-state index in [1.165, 1.54) is 14.2 Å². The van der Waals surface area contributed by atoms with Gasteiger partial charge in [0.1, 0.15) is 6.61 Å². The highest BCUT2D eigenvalue weighted by Gasteiger charge is 2.19. The molecular weight excluding hydrogens is 412 g/mol. The van der Waals surface area contributed by atoms with Crippen molar-refractivity contribution in [3.8, 4) is 29.1 Å². The van der Waals surface area contributed by atoms with Gasteiger partial charge in [0.2, 0.25) is 5.75 Å². The Bertz CT molecular complexity index is 774. The predicted molar refractivity (Wildman–Crippen MR) is 123 cm³/mol. The van der Waals surface area contributed by atoms with Gasteiger partial charge in [-0.3, -0.25) is 0 Å². The van der Waals surface area contributed by atoms with E-state index in [1.54, 1.807) is 19.1 Å². The molecule has 0 aromatic heterocycles. The van der Waals surface area contributed by atoms with E-state index in [1.807, 2.05) is 0 Å². The van der Waals surface area contributed by atoms with Gasteiger partial charge in [0.05, 0.1) is 26.4 Å². The molecule has 1 heterocycles. The van der Waals surface area contributed by atoms with Crippen molar-refractivity contribution < 1.29 is 28.8 Å². The highest BCUT2D eigenvalue weighted by atomic mass is 16.5. The molecule has 0 radical (unpaired) electrons. The van der Waals surface area contributed by atoms with Crippen LogP contribution in [0.25, 0.3) is 0 Å². The maximum atomic E-state index is 12.6. The molecule has 1 saturated heterocycles. The lowest BCUT2D eigenvalue weighted by atomic mass is 10.2. The second kappa shape index (κ2) is 14.6. The summed E-state index contributed by atoms with van der Waals surface area (Å²) in [5.74, 6) is 6.35. The molecule has 1 fully saturated rings. The Kier molecular flexibility index (Phi) is 11.7. The van der Waals surface area contributed by atoms with E-state index in [0.29, 0.717) is 29.4 Å². The minimum atomic E-state index is -0.427. The number of nitrogens with zero attached hydrogens (tertiary/aromatic N) is 2. The number of hydrogen-bond donors (Lipinski definition) is 1. The van der Waals surface area contributed by atoms with Crippen LogP contribution in [-0.2, 0) is 4.74 Å². The minimum Gasteiger partial charge on any atom is -0.493 e. The average Bonchev–Trinajstić information content (AvgIpc) is 3.05. The summed E-state index contributed by atoms with van der Waals surface area (Å²) < 4.78 is 21.9. The van der Waals surface area contributed by atoms with Crippen molar-refractivity contribution >= 4 is 5.97 Å². The SMILES string of the molecule is CC#CCOc1cc(C(=O)OCCCN2CCCN(CCCO)CC2)cc(OC)c1OC. The predicted octanol–water partition coefficient (Wildman–Crippen LogP) is 2.04. The number of hydrogen-bond acceptors (Lipinski definition) is 8. The minimum absolute atomic E-state index is 0.182. The smallest absolute Gasteiger partial charge is 0.338 e. The van der Waals surface area contributed by atoms with E-state index in [4.69, 9.17) is 24.1 Å². The number of esters is 1. The Morgan fingerprint density at radius 2 is 1.72 bits per heavy atom. The van der Waals surface area contributed by atoms with Crippen LogP contribution >= 0.6 is 0 Å². The third-order valence-corrected chi connectivity index (χ3v) is 5.32. The van der Waals surface area contributed by atoms with Crippen LogP contribution in [0.4, 0.5) is 0 Å². The number of carbonyl (C=O) groups is 1. The van der Waals surface area contributed by atoms with Crippen molar-refractivity contribution in [2.45, 2.75) is 26.2 Å². The molecule has 1 aromatic rings. The van der Waals surface area contributed by atoms with Gasteiger partial charge in [-0.1, -0.05) is 5.92 Å². The summed E-state index contributed by atoms with van der Waals surface area (Å²) in [7, 11) is 3.03. The number of aliphatic hydroxyl groups is 1. The highest BCUT2D eigenvalue weighted by Crippen LogP contribution is 2.38. The lowest BCUT2D eigenvalue weighted by Gasteiger charge is -2.21. The Morgan fingerprint density at radius 3 is 2.34 bits per heavy atom. The molecule has 0 bridgehead atoms. The Labute approximate surface area is 191 Å². The Balaban J connectivity index is 1.85. The fraction of sp³-hybridized carbons (Fsp3) is 0.625. The van der Waals surface area contributed by atoms with Crippen LogP contribution in [0, 0.1) is 11.8 Å². The monoisotopic (exact) mass is 448 g/mol. The van der Waals surface area contributed by atoms with Crippen molar-refractivity contribution in [3.05, 3.63) is 17.7 Å². The number of ether oxygens (including phenoxy) is 4. The van der Waals surface area contributed by atoms with Gasteiger partial charge in [0, 0.05) is 32.8 Å². The molecule has 8 heteroatoms. The van der Waals surface area contributed by atoms with Gasteiger partial charge in [-0.2, -0.15) is 0 Å². The largest absolute Gasteiger partial charge is 0.493 e. The topological polar surface area (TPSA) is 80.7 Å². The number of methoxy groups -OCH3 is 2. The van der Waals surface area contributed by atoms with Crippen LogP contribution in [-0.4, -0.2) is 94.2 Å². The summed E-state index contributed by atoms with van der Waals surface area (Å²) in [5.41, 5.74) is 0.344. The molecule has 0 atom stereocenters. The summed E-state index contributed by atoms with van der Waals surface area (Å²) in [4.78, 5) is 17.4. The fourth-order valence-corrected chi connectivity index (χ4v) is 3.64. The van der Waals surface area contributed by atoms with Crippen LogP contribution in [0.2, 0.25) is 0 Å². The average molecular weight is 449 g/mol. The van der Waals surface area contributed by atoms with Gasteiger partial charge in [-0.25, -0.2) is 4.79 Å². The first-order valence-corrected chi connectivity index (χ1v) is 11.1. The standard InChI is InChI=1S/C24H36N2O6/c1-4-5-16-31-22-19-20(18-21(29-2)23(22)30-3)24(28)32-17-8-12-26-10-6-9-25(13-14-26)11-7-15-27/h18-19,27H,6-17H2,1-3H3. The molecule has 0 unspecified atom stereocenters. The van der Waals surface area contributed by atoms with Crippen molar-refractivity contribution in [2.24, 2.45) is 0 Å². The molecule has 0 saturated carbocycles. The van der Waals surface area contributed by atoms with Gasteiger partial charge in [0.25, 0.3) is 0 Å². The van der Waals surface area contributed by atoms with Gasteiger partial charge < -0.3 is 33.9 Å². The van der Waals surface area contributed by atoms with Gasteiger partial charge in [-0.15, -0.1) is 5.92 Å². The number of carbonyl (C=O) groups excluding carboxylic acids is 1. The zero-order chi connectivity index (χ0) is 23.2. The summed E-state index contributed by atoms with van der Waals surface area (Å²) in [6.07, 6.45) is 2.71. The molecule has 1 aromatic carbocycles. The number of aliphatic hydroxyl groups excluding tert-OH is 1. The molecule has 0 aliphatic carbocycles. The summed E-state index contributed by atoms with van der Waals surface area (Å²) in [6.45, 7) is 8.45. The van der Waals surface area contributed by atoms with E-state index >= 15 is 0 Å². The zero-order valence-corrected chi connectivity index (χ0v) is 19.5. The molecule has 1 aliphatic rings. The van der Waals surface area contributed by atoms with E-state index in [9.17, 15) is 4.79 Å². The van der Waals surface area contributed by atoms with Crippen molar-refractivity contribution in [1.29, 1.82) is 0 Å². The zero-order valence-electron chi connectivity index (χ0n) is 19.5. The lowest BCUT2D eigenvalue weighted by Crippen LogP contribution is -2.32. The van der Waals surface area contributed by atoms with Crippen LogP contribution in [0.15, 0.2) is 12.1 Å². The number of rotatable bonds is 12. The number of benzene rings is 1. The summed E-state index contributed by atoms with van der Waals surface area (Å²) in [5, 5.41) is 9.00. The molecule has 0 spiro atoms. The fourth-order valence-electron chi connectivity index (χ4n) is 3.64. The second-order valence-corrected chi connectivity index (χ2v) is 7.53. The Hall–Kier alpha value is -2.47. The second-order valence-electron chi connectivity index (χ2n) is 7.53. The van der Waals surface area contributed by atoms with Crippen molar-refractivity contribution in [2.75, 3.05) is 73.3 Å². The van der Waals surface area contributed by atoms with Gasteiger partial charge in [0.15, 0.2) is 11.5 Å². The molecular formula is C24H36N2O6. The molecule has 8 nitrogen and oxygen atoms in total. The molecule has 1 N–H and O–H groups in total. The first kappa shape index (κ1) is 25.8. The normalized spacial score (nSPS) is 14.8. The molecule has 2 rings (SSSR count). The van der Waals surface area contributed by atoms with E-state index in [0.717, 1.165) is 58.5 Å². The van der Waals surface area contributed by atoms with Crippen LogP contribution in [0.1, 0.15) is 36.5 Å². The van der Waals surface area contributed by atoms with E-state index < -0.39 is 5.97 Å². The highest BCUT2D eigenvalue weighted by molar-refractivity contribution is 5.91. The summed E-state index contributed by atoms with van der Waals surface area (Å²) in [6, 6.07) is 3.19. The summed E-state index contributed by atoms with van der Waals surface area (Å²) >= 11 is 0. The van der Waals surface area contributed by atoms with E-state index in [2.05, 4.69) is 21.6 Å². The maximum Gasteiger partial charge on any atom is 0.338 e. The molecule has 32 heavy (non-hydrogen) atoms. The van der Waals surface area contributed by atoms with Crippen molar-refractivity contribution in [1.82, 2.24) is 9.80 Å². The molecule has 0 amide bonds. The van der Waals surface area contributed by atoms with Crippen molar-refractivity contribution in [3.63, 3.8) is 0 Å². The third kappa shape index (κ3) is 8.23. The van der Waals surface area contributed by atoms with Gasteiger partial charge >= 0.3 is 5.97 Å². The van der Waals surface area contributed by atoms with Crippen LogP contribution < -0.4 is 14.2 Å². The molecule has 178 valence electrons. The maximum absolute atomic E-state index is 12.6. The van der Waals surface area contributed by atoms with Crippen LogP contribution in [0.5, 0.6) is 17.2 Å². The lowest BCUT2D eigenvalue weighted by molar-refractivity contribution is 0.0487. The first-order chi connectivity index (χ1) is 15.6. The first-order valence-electron chi connectivity index (χ1n) is 11.1. The van der Waals surface area contributed by atoms with Gasteiger partial charge in [-0.05, 0) is 51.4 Å². The Morgan fingerprint density at radius 1 is 1.03 bits per heavy atom. The molecule has 1 aliphatic heterocycles.